The molecule has 0 saturated carbocycles. The van der Waals surface area contributed by atoms with Crippen molar-refractivity contribution >= 4 is 8.35 Å². The Morgan fingerprint density at radius 3 is 2.75 bits per heavy atom. The summed E-state index contributed by atoms with van der Waals surface area (Å²) in [6.07, 6.45) is 8.89. The number of nitrogens with one attached hydrogen (secondary N) is 1. The van der Waals surface area contributed by atoms with E-state index in [0.29, 0.717) is 0 Å². The number of hydrogen-bond acceptors (Lipinski definition) is 0. The molecule has 0 amide bonds. The Hall–Kier alpha value is -0.290. The van der Waals surface area contributed by atoms with E-state index in [4.69, 9.17) is 0 Å². The molecule has 0 aliphatic heterocycles. The van der Waals surface area contributed by atoms with Crippen molar-refractivity contribution in [3.63, 3.8) is 0 Å². The highest BCUT2D eigenvalue weighted by molar-refractivity contribution is 7.26. The standard InChI is InChI=1S/C10H18NP/c1-3-4-5-6-7-10-9(2)8-11-12-10/h8,11H,3-7H2,1-2H3. The lowest BCUT2D eigenvalue weighted by atomic mass is 10.1. The average molecular weight is 183 g/mol. The molecule has 1 heterocycles. The first-order chi connectivity index (χ1) is 5.84. The van der Waals surface area contributed by atoms with Crippen molar-refractivity contribution in [1.29, 1.82) is 0 Å². The number of hydrogen-bond donors (Lipinski definition) is 1. The van der Waals surface area contributed by atoms with E-state index in [2.05, 4.69) is 24.8 Å². The molecule has 1 aromatic heterocycles. The van der Waals surface area contributed by atoms with Gasteiger partial charge in [-0.05, 0) is 25.3 Å². The minimum absolute atomic E-state index is 1.29. The topological polar surface area (TPSA) is 15.8 Å². The summed E-state index contributed by atoms with van der Waals surface area (Å²) in [6, 6.07) is 0. The van der Waals surface area contributed by atoms with Gasteiger partial charge < -0.3 is 4.75 Å². The van der Waals surface area contributed by atoms with Gasteiger partial charge >= 0.3 is 0 Å². The maximum Gasteiger partial charge on any atom is 0.0141 e. The van der Waals surface area contributed by atoms with Gasteiger partial charge in [0.2, 0.25) is 0 Å². The third kappa shape index (κ3) is 2.98. The Kier molecular flexibility index (Phi) is 4.39. The van der Waals surface area contributed by atoms with Gasteiger partial charge in [0.05, 0.1) is 0 Å². The highest BCUT2D eigenvalue weighted by atomic mass is 31.0. The van der Waals surface area contributed by atoms with Crippen molar-refractivity contribution in [2.75, 3.05) is 0 Å². The van der Waals surface area contributed by atoms with Gasteiger partial charge in [0.15, 0.2) is 0 Å². The summed E-state index contributed by atoms with van der Waals surface area (Å²) in [4.78, 5) is 0. The van der Waals surface area contributed by atoms with Crippen LogP contribution in [-0.2, 0) is 6.42 Å². The Bertz CT molecular complexity index is 217. The Morgan fingerprint density at radius 1 is 1.33 bits per heavy atom. The molecule has 0 spiro atoms. The minimum Gasteiger partial charge on any atom is -0.344 e. The van der Waals surface area contributed by atoms with E-state index < -0.39 is 0 Å². The number of aromatic nitrogens is 1. The fourth-order valence-corrected chi connectivity index (χ4v) is 2.28. The van der Waals surface area contributed by atoms with E-state index >= 15 is 0 Å². The fraction of sp³-hybridized carbons (Fsp3) is 0.700. The summed E-state index contributed by atoms with van der Waals surface area (Å²) < 4.78 is 3.24. The molecule has 0 aliphatic carbocycles. The van der Waals surface area contributed by atoms with Crippen LogP contribution in [0.5, 0.6) is 0 Å². The van der Waals surface area contributed by atoms with Crippen LogP contribution in [0.3, 0.4) is 0 Å². The maximum absolute atomic E-state index is 3.24. The van der Waals surface area contributed by atoms with Crippen LogP contribution in [0.2, 0.25) is 0 Å². The lowest BCUT2D eigenvalue weighted by Crippen LogP contribution is -1.83. The van der Waals surface area contributed by atoms with Crippen LogP contribution in [0.1, 0.15) is 43.5 Å². The van der Waals surface area contributed by atoms with E-state index in [1.165, 1.54) is 46.0 Å². The average Bonchev–Trinajstić information content (AvgIpc) is 2.46. The summed E-state index contributed by atoms with van der Waals surface area (Å²) >= 11 is 0. The molecule has 0 unspecified atom stereocenters. The summed E-state index contributed by atoms with van der Waals surface area (Å²) in [6.45, 7) is 4.45. The van der Waals surface area contributed by atoms with E-state index in [-0.39, 0.29) is 0 Å². The molecule has 0 fully saturated rings. The SMILES string of the molecule is CCCCCCc1p[nH]cc1C. The molecule has 0 atom stereocenters. The zero-order valence-electron chi connectivity index (χ0n) is 8.06. The van der Waals surface area contributed by atoms with Gasteiger partial charge in [-0.1, -0.05) is 26.2 Å². The zero-order chi connectivity index (χ0) is 8.81. The Balaban J connectivity index is 2.20. The molecule has 0 aromatic carbocycles. The van der Waals surface area contributed by atoms with Crippen LogP contribution in [0, 0.1) is 6.92 Å². The summed E-state index contributed by atoms with van der Waals surface area (Å²) in [5.41, 5.74) is 1.45. The van der Waals surface area contributed by atoms with Crippen LogP contribution in [0.4, 0.5) is 0 Å². The monoisotopic (exact) mass is 183 g/mol. The summed E-state index contributed by atoms with van der Waals surface area (Å²) in [5, 5.41) is 1.59. The molecule has 0 radical (unpaired) electrons. The van der Waals surface area contributed by atoms with Gasteiger partial charge in [-0.3, -0.25) is 0 Å². The second-order valence-electron chi connectivity index (χ2n) is 3.33. The molecule has 1 rings (SSSR count). The first-order valence-corrected chi connectivity index (χ1v) is 5.73. The number of aryl methyl sites for hydroxylation is 2. The molecule has 2 heteroatoms. The van der Waals surface area contributed by atoms with Gasteiger partial charge in [-0.15, -0.1) is 0 Å². The van der Waals surface area contributed by atoms with Gasteiger partial charge in [0.25, 0.3) is 0 Å². The van der Waals surface area contributed by atoms with Crippen molar-refractivity contribution in [1.82, 2.24) is 4.75 Å². The van der Waals surface area contributed by atoms with E-state index in [9.17, 15) is 0 Å². The zero-order valence-corrected chi connectivity index (χ0v) is 8.95. The number of H-pyrrole nitrogens is 1. The van der Waals surface area contributed by atoms with Crippen LogP contribution >= 0.6 is 8.35 Å². The van der Waals surface area contributed by atoms with Crippen molar-refractivity contribution in [3.8, 4) is 0 Å². The van der Waals surface area contributed by atoms with Gasteiger partial charge in [0.1, 0.15) is 0 Å². The largest absolute Gasteiger partial charge is 0.344 e. The van der Waals surface area contributed by atoms with Crippen LogP contribution < -0.4 is 0 Å². The van der Waals surface area contributed by atoms with Crippen LogP contribution in [-0.4, -0.2) is 4.75 Å². The van der Waals surface area contributed by atoms with Crippen LogP contribution in [0.15, 0.2) is 6.20 Å². The molecule has 0 bridgehead atoms. The molecule has 12 heavy (non-hydrogen) atoms. The van der Waals surface area contributed by atoms with Crippen molar-refractivity contribution in [2.45, 2.75) is 46.0 Å². The molecule has 68 valence electrons. The van der Waals surface area contributed by atoms with Crippen molar-refractivity contribution < 1.29 is 0 Å². The molecule has 1 N–H and O–H groups in total. The normalized spacial score (nSPS) is 11.2. The van der Waals surface area contributed by atoms with Crippen molar-refractivity contribution in [2.24, 2.45) is 0 Å². The number of aromatic amines is 1. The molecule has 1 aromatic rings. The quantitative estimate of drug-likeness (QED) is 0.663. The Labute approximate surface area is 76.8 Å². The smallest absolute Gasteiger partial charge is 0.0141 e. The summed E-state index contributed by atoms with van der Waals surface area (Å²) in [5.74, 6) is 0. The predicted molar refractivity (Wildman–Crippen MR) is 55.9 cm³/mol. The van der Waals surface area contributed by atoms with Gasteiger partial charge in [-0.2, -0.15) is 0 Å². The molecule has 0 saturated heterocycles. The highest BCUT2D eigenvalue weighted by Gasteiger charge is 1.98. The fourth-order valence-electron chi connectivity index (χ4n) is 1.35. The van der Waals surface area contributed by atoms with Crippen LogP contribution in [0.25, 0.3) is 0 Å². The highest BCUT2D eigenvalue weighted by Crippen LogP contribution is 2.19. The third-order valence-corrected chi connectivity index (χ3v) is 3.31. The molecule has 0 aliphatic rings. The molecule has 1 nitrogen and oxygen atoms in total. The second kappa shape index (κ2) is 5.37. The maximum atomic E-state index is 3.24. The summed E-state index contributed by atoms with van der Waals surface area (Å²) in [7, 11) is 1.32. The van der Waals surface area contributed by atoms with E-state index in [1.54, 1.807) is 5.30 Å². The lowest BCUT2D eigenvalue weighted by molar-refractivity contribution is 0.669. The third-order valence-electron chi connectivity index (χ3n) is 2.20. The van der Waals surface area contributed by atoms with E-state index in [1.807, 2.05) is 0 Å². The van der Waals surface area contributed by atoms with Gasteiger partial charge in [0, 0.05) is 19.8 Å². The molecular formula is C10H18NP. The van der Waals surface area contributed by atoms with Crippen molar-refractivity contribution in [3.05, 3.63) is 17.1 Å². The number of unbranched alkanes of at least 4 members (excludes halogenated alkanes) is 3. The Morgan fingerprint density at radius 2 is 2.17 bits per heavy atom. The van der Waals surface area contributed by atoms with E-state index in [0.717, 1.165) is 0 Å². The van der Waals surface area contributed by atoms with Gasteiger partial charge in [-0.25, -0.2) is 0 Å². The predicted octanol–water partition coefficient (Wildman–Crippen LogP) is 4.03. The molecular weight excluding hydrogens is 165 g/mol. The minimum atomic E-state index is 1.29. The second-order valence-corrected chi connectivity index (χ2v) is 4.35. The first kappa shape index (κ1) is 9.80. The lowest BCUT2D eigenvalue weighted by Gasteiger charge is -1.98. The first-order valence-electron chi connectivity index (χ1n) is 4.84. The number of rotatable bonds is 5.